The van der Waals surface area contributed by atoms with Crippen molar-refractivity contribution in [2.45, 2.75) is 0 Å². The summed E-state index contributed by atoms with van der Waals surface area (Å²) in [6.45, 7) is 0.694. The SMILES string of the molecule is O=C(c1ccc(-c2cccc(F)c2O)cc1)N1C[C@@H](CO)[C@H](CO)C1. The second kappa shape index (κ2) is 7.21. The molecule has 0 bridgehead atoms. The third-order valence-corrected chi connectivity index (χ3v) is 4.76. The van der Waals surface area contributed by atoms with E-state index in [9.17, 15) is 24.5 Å². The summed E-state index contributed by atoms with van der Waals surface area (Å²) in [6.07, 6.45) is 0. The molecule has 3 N–H and O–H groups in total. The van der Waals surface area contributed by atoms with Gasteiger partial charge in [-0.3, -0.25) is 4.79 Å². The number of nitrogens with zero attached hydrogens (tertiary/aromatic N) is 1. The maximum absolute atomic E-state index is 13.5. The van der Waals surface area contributed by atoms with E-state index in [2.05, 4.69) is 0 Å². The van der Waals surface area contributed by atoms with Gasteiger partial charge in [0, 0.05) is 49.3 Å². The van der Waals surface area contributed by atoms with Crippen molar-refractivity contribution in [3.63, 3.8) is 0 Å². The zero-order chi connectivity index (χ0) is 18.0. The molecule has 1 aliphatic rings. The third-order valence-electron chi connectivity index (χ3n) is 4.76. The van der Waals surface area contributed by atoms with Crippen molar-refractivity contribution in [1.82, 2.24) is 4.90 Å². The molecule has 2 atom stereocenters. The summed E-state index contributed by atoms with van der Waals surface area (Å²) in [7, 11) is 0. The number of amides is 1. The van der Waals surface area contributed by atoms with E-state index in [1.54, 1.807) is 35.2 Å². The van der Waals surface area contributed by atoms with Gasteiger partial charge in [-0.25, -0.2) is 4.39 Å². The van der Waals surface area contributed by atoms with Gasteiger partial charge in [-0.05, 0) is 23.8 Å². The summed E-state index contributed by atoms with van der Waals surface area (Å²) in [5.74, 6) is -1.52. The Balaban J connectivity index is 1.79. The van der Waals surface area contributed by atoms with Crippen LogP contribution >= 0.6 is 0 Å². The average molecular weight is 345 g/mol. The summed E-state index contributed by atoms with van der Waals surface area (Å²) in [4.78, 5) is 14.2. The van der Waals surface area contributed by atoms with Crippen molar-refractivity contribution in [2.24, 2.45) is 11.8 Å². The molecule has 0 aliphatic carbocycles. The Labute approximate surface area is 145 Å². The molecule has 1 fully saturated rings. The van der Waals surface area contributed by atoms with Gasteiger partial charge in [0.25, 0.3) is 5.91 Å². The molecule has 6 heteroatoms. The molecule has 3 rings (SSSR count). The van der Waals surface area contributed by atoms with Crippen molar-refractivity contribution < 1.29 is 24.5 Å². The quantitative estimate of drug-likeness (QED) is 0.790. The van der Waals surface area contributed by atoms with Gasteiger partial charge in [-0.15, -0.1) is 0 Å². The molecular formula is C19H20FNO4. The Morgan fingerprint density at radius 2 is 1.64 bits per heavy atom. The minimum atomic E-state index is -0.695. The van der Waals surface area contributed by atoms with E-state index in [4.69, 9.17) is 0 Å². The molecule has 5 nitrogen and oxygen atoms in total. The number of aliphatic hydroxyl groups is 2. The number of phenols is 1. The van der Waals surface area contributed by atoms with Gasteiger partial charge in [-0.2, -0.15) is 0 Å². The van der Waals surface area contributed by atoms with E-state index >= 15 is 0 Å². The minimum Gasteiger partial charge on any atom is -0.504 e. The van der Waals surface area contributed by atoms with Crippen LogP contribution in [0.15, 0.2) is 42.5 Å². The number of carbonyl (C=O) groups excluding carboxylic acids is 1. The molecule has 1 amide bonds. The molecule has 132 valence electrons. The largest absolute Gasteiger partial charge is 0.504 e. The lowest BCUT2D eigenvalue weighted by atomic mass is 9.98. The Morgan fingerprint density at radius 1 is 1.04 bits per heavy atom. The lowest BCUT2D eigenvalue weighted by Crippen LogP contribution is -2.29. The Hall–Kier alpha value is -2.44. The summed E-state index contributed by atoms with van der Waals surface area (Å²) < 4.78 is 13.5. The van der Waals surface area contributed by atoms with E-state index in [1.165, 1.54) is 12.1 Å². The van der Waals surface area contributed by atoms with Crippen molar-refractivity contribution >= 4 is 5.91 Å². The zero-order valence-electron chi connectivity index (χ0n) is 13.6. The van der Waals surface area contributed by atoms with E-state index in [0.29, 0.717) is 29.8 Å². The van der Waals surface area contributed by atoms with E-state index in [1.807, 2.05) is 0 Å². The standard InChI is InChI=1S/C19H20FNO4/c20-17-3-1-2-16(18(17)24)12-4-6-13(7-5-12)19(25)21-8-14(10-22)15(9-21)11-23/h1-7,14-15,22-24H,8-11H2/t14-,15-/m0/s1. The average Bonchev–Trinajstić information content (AvgIpc) is 3.07. The molecule has 0 unspecified atom stereocenters. The molecule has 1 aliphatic heterocycles. The summed E-state index contributed by atoms with van der Waals surface area (Å²) >= 11 is 0. The topological polar surface area (TPSA) is 81.0 Å². The van der Waals surface area contributed by atoms with Gasteiger partial charge in [0.1, 0.15) is 0 Å². The fourth-order valence-corrected chi connectivity index (χ4v) is 3.24. The maximum Gasteiger partial charge on any atom is 0.253 e. The Bertz CT molecular complexity index is 751. The van der Waals surface area contributed by atoms with Crippen molar-refractivity contribution in [3.05, 3.63) is 53.8 Å². The predicted molar refractivity (Wildman–Crippen MR) is 90.6 cm³/mol. The molecule has 0 aromatic heterocycles. The van der Waals surface area contributed by atoms with E-state index in [0.717, 1.165) is 0 Å². The van der Waals surface area contributed by atoms with Crippen LogP contribution in [0, 0.1) is 17.7 Å². The number of carbonyl (C=O) groups is 1. The Kier molecular flexibility index (Phi) is 5.01. The minimum absolute atomic E-state index is 0.0627. The molecule has 0 saturated carbocycles. The van der Waals surface area contributed by atoms with Crippen LogP contribution in [-0.4, -0.2) is 52.4 Å². The van der Waals surface area contributed by atoms with Gasteiger partial charge < -0.3 is 20.2 Å². The molecular weight excluding hydrogens is 325 g/mol. The molecule has 0 radical (unpaired) electrons. The summed E-state index contributed by atoms with van der Waals surface area (Å²) in [6, 6.07) is 10.9. The highest BCUT2D eigenvalue weighted by atomic mass is 19.1. The van der Waals surface area contributed by atoms with Crippen LogP contribution in [0.25, 0.3) is 11.1 Å². The number of aliphatic hydroxyl groups excluding tert-OH is 2. The van der Waals surface area contributed by atoms with Gasteiger partial charge in [0.15, 0.2) is 11.6 Å². The van der Waals surface area contributed by atoms with Gasteiger partial charge in [0.05, 0.1) is 0 Å². The molecule has 2 aromatic rings. The maximum atomic E-state index is 13.5. The molecule has 2 aromatic carbocycles. The molecule has 25 heavy (non-hydrogen) atoms. The van der Waals surface area contributed by atoms with Crippen LogP contribution in [0.5, 0.6) is 5.75 Å². The van der Waals surface area contributed by atoms with Crippen LogP contribution in [-0.2, 0) is 0 Å². The zero-order valence-corrected chi connectivity index (χ0v) is 13.6. The number of hydrogen-bond donors (Lipinski definition) is 3. The fourth-order valence-electron chi connectivity index (χ4n) is 3.24. The van der Waals surface area contributed by atoms with Crippen molar-refractivity contribution in [3.8, 4) is 16.9 Å². The molecule has 1 saturated heterocycles. The van der Waals surface area contributed by atoms with Gasteiger partial charge in [0.2, 0.25) is 0 Å². The van der Waals surface area contributed by atoms with Crippen LogP contribution in [0.3, 0.4) is 0 Å². The first kappa shape index (κ1) is 17.4. The third kappa shape index (κ3) is 3.36. The van der Waals surface area contributed by atoms with Crippen LogP contribution in [0.4, 0.5) is 4.39 Å². The van der Waals surface area contributed by atoms with Crippen molar-refractivity contribution in [1.29, 1.82) is 0 Å². The number of rotatable bonds is 4. The molecule has 1 heterocycles. The van der Waals surface area contributed by atoms with E-state index in [-0.39, 0.29) is 31.0 Å². The Morgan fingerprint density at radius 3 is 2.20 bits per heavy atom. The van der Waals surface area contributed by atoms with Crippen LogP contribution in [0.2, 0.25) is 0 Å². The second-order valence-electron chi connectivity index (χ2n) is 6.31. The number of likely N-dealkylation sites (tertiary alicyclic amines) is 1. The number of phenolic OH excluding ortho intramolecular Hbond substituents is 1. The first-order chi connectivity index (χ1) is 12.0. The highest BCUT2D eigenvalue weighted by Crippen LogP contribution is 2.31. The highest BCUT2D eigenvalue weighted by molar-refractivity contribution is 5.95. The normalized spacial score (nSPS) is 20.0. The lowest BCUT2D eigenvalue weighted by molar-refractivity contribution is 0.0778. The predicted octanol–water partition coefficient (Wildman–Crippen LogP) is 1.87. The molecule has 0 spiro atoms. The first-order valence-electron chi connectivity index (χ1n) is 8.14. The van der Waals surface area contributed by atoms with Gasteiger partial charge >= 0.3 is 0 Å². The number of para-hydroxylation sites is 1. The van der Waals surface area contributed by atoms with Gasteiger partial charge in [-0.1, -0.05) is 24.3 Å². The fraction of sp³-hybridized carbons (Fsp3) is 0.316. The van der Waals surface area contributed by atoms with E-state index < -0.39 is 11.6 Å². The number of benzene rings is 2. The number of aromatic hydroxyl groups is 1. The van der Waals surface area contributed by atoms with Crippen LogP contribution in [0.1, 0.15) is 10.4 Å². The monoisotopic (exact) mass is 345 g/mol. The van der Waals surface area contributed by atoms with Crippen LogP contribution < -0.4 is 0 Å². The highest BCUT2D eigenvalue weighted by Gasteiger charge is 2.34. The summed E-state index contributed by atoms with van der Waals surface area (Å²) in [5, 5.41) is 28.5. The lowest BCUT2D eigenvalue weighted by Gasteiger charge is -2.16. The second-order valence-corrected chi connectivity index (χ2v) is 6.31. The van der Waals surface area contributed by atoms with Crippen molar-refractivity contribution in [2.75, 3.05) is 26.3 Å². The number of hydrogen-bond acceptors (Lipinski definition) is 4. The smallest absolute Gasteiger partial charge is 0.253 e. The first-order valence-corrected chi connectivity index (χ1v) is 8.14. The summed E-state index contributed by atoms with van der Waals surface area (Å²) in [5.41, 5.74) is 1.44. The number of halogens is 1.